The van der Waals surface area contributed by atoms with Gasteiger partial charge in [0.25, 0.3) is 5.91 Å². The molecule has 9 nitrogen and oxygen atoms in total. The molecule has 1 aromatic heterocycles. The Morgan fingerprint density at radius 3 is 2.35 bits per heavy atom. The van der Waals surface area contributed by atoms with E-state index in [4.69, 9.17) is 0 Å². The lowest BCUT2D eigenvalue weighted by molar-refractivity contribution is -0.129. The van der Waals surface area contributed by atoms with Crippen molar-refractivity contribution in [1.29, 1.82) is 0 Å². The Morgan fingerprint density at radius 2 is 1.71 bits per heavy atom. The minimum Gasteiger partial charge on any atom is -0.340 e. The van der Waals surface area contributed by atoms with Crippen molar-refractivity contribution in [2.24, 2.45) is 0 Å². The van der Waals surface area contributed by atoms with Crippen molar-refractivity contribution in [2.45, 2.75) is 25.3 Å². The highest BCUT2D eigenvalue weighted by Crippen LogP contribution is 2.19. The number of aryl methyl sites for hydroxylation is 1. The van der Waals surface area contributed by atoms with Gasteiger partial charge in [0.05, 0.1) is 17.6 Å². The average Bonchev–Trinajstić information content (AvgIpc) is 3.25. The molecule has 2 aromatic carbocycles. The van der Waals surface area contributed by atoms with Gasteiger partial charge >= 0.3 is 0 Å². The van der Waals surface area contributed by atoms with Gasteiger partial charge in [-0.3, -0.25) is 9.59 Å². The molecule has 1 N–H and O–H groups in total. The first-order chi connectivity index (χ1) is 16.2. The maximum atomic E-state index is 13.0. The van der Waals surface area contributed by atoms with Crippen molar-refractivity contribution in [3.63, 3.8) is 0 Å². The highest BCUT2D eigenvalue weighted by molar-refractivity contribution is 7.89. The molecule has 0 radical (unpaired) electrons. The van der Waals surface area contributed by atoms with E-state index in [9.17, 15) is 18.0 Å². The van der Waals surface area contributed by atoms with E-state index in [1.54, 1.807) is 21.8 Å². The summed E-state index contributed by atoms with van der Waals surface area (Å²) >= 11 is 0. The second kappa shape index (κ2) is 9.78. The molecule has 2 amide bonds. The fraction of sp³-hybridized carbons (Fsp3) is 0.292. The number of hydrogen-bond donors (Lipinski definition) is 1. The molecule has 0 aliphatic carbocycles. The summed E-state index contributed by atoms with van der Waals surface area (Å²) in [6.07, 6.45) is 1.62. The Morgan fingerprint density at radius 1 is 1.00 bits per heavy atom. The molecule has 0 atom stereocenters. The molecule has 4 rings (SSSR count). The quantitative estimate of drug-likeness (QED) is 0.582. The second-order valence-electron chi connectivity index (χ2n) is 8.25. The first kappa shape index (κ1) is 23.7. The Bertz CT molecular complexity index is 1290. The van der Waals surface area contributed by atoms with Crippen molar-refractivity contribution in [1.82, 2.24) is 19.0 Å². The molecular formula is C24H27N5O4S. The largest absolute Gasteiger partial charge is 0.340 e. The first-order valence-corrected chi connectivity index (χ1v) is 12.4. The van der Waals surface area contributed by atoms with Crippen LogP contribution in [0.25, 0.3) is 0 Å². The molecule has 1 fully saturated rings. The maximum Gasteiger partial charge on any atom is 0.256 e. The summed E-state index contributed by atoms with van der Waals surface area (Å²) in [5.41, 5.74) is 2.55. The number of piperazine rings is 1. The van der Waals surface area contributed by atoms with Crippen LogP contribution in [0.15, 0.2) is 65.7 Å². The summed E-state index contributed by atoms with van der Waals surface area (Å²) in [4.78, 5) is 26.0. The Kier molecular flexibility index (Phi) is 6.80. The van der Waals surface area contributed by atoms with Crippen LogP contribution in [0.1, 0.15) is 28.4 Å². The number of benzene rings is 2. The van der Waals surface area contributed by atoms with E-state index in [0.29, 0.717) is 31.0 Å². The molecule has 3 aromatic rings. The number of carbonyl (C=O) groups excluding carboxylic acids is 2. The number of nitrogens with zero attached hydrogens (tertiary/aromatic N) is 4. The summed E-state index contributed by atoms with van der Waals surface area (Å²) < 4.78 is 29.0. The van der Waals surface area contributed by atoms with Crippen LogP contribution in [0.2, 0.25) is 0 Å². The third-order valence-electron chi connectivity index (χ3n) is 5.81. The molecule has 1 saturated heterocycles. The molecule has 0 saturated carbocycles. The van der Waals surface area contributed by atoms with E-state index in [0.717, 1.165) is 11.1 Å². The number of amides is 2. The van der Waals surface area contributed by atoms with Gasteiger partial charge in [0.2, 0.25) is 15.9 Å². The lowest BCUT2D eigenvalue weighted by Crippen LogP contribution is -2.49. The van der Waals surface area contributed by atoms with Gasteiger partial charge in [-0.1, -0.05) is 29.8 Å². The van der Waals surface area contributed by atoms with Crippen LogP contribution in [-0.2, 0) is 21.4 Å². The summed E-state index contributed by atoms with van der Waals surface area (Å²) in [5.74, 6) is 0.129. The number of carbonyl (C=O) groups is 2. The van der Waals surface area contributed by atoms with E-state index in [1.165, 1.54) is 35.5 Å². The number of aromatic nitrogens is 2. The normalized spacial score (nSPS) is 14.7. The van der Waals surface area contributed by atoms with Gasteiger partial charge in [-0.15, -0.1) is 0 Å². The van der Waals surface area contributed by atoms with Crippen LogP contribution in [-0.4, -0.2) is 65.4 Å². The van der Waals surface area contributed by atoms with Crippen LogP contribution >= 0.6 is 0 Å². The number of hydrogen-bond acceptors (Lipinski definition) is 5. The minimum atomic E-state index is -3.70. The maximum absolute atomic E-state index is 13.0. The van der Waals surface area contributed by atoms with Gasteiger partial charge in [-0.2, -0.15) is 9.40 Å². The Hall–Kier alpha value is -3.50. The zero-order chi connectivity index (χ0) is 24.3. The molecular weight excluding hydrogens is 454 g/mol. The molecule has 0 bridgehead atoms. The number of rotatable bonds is 6. The summed E-state index contributed by atoms with van der Waals surface area (Å²) in [5, 5.41) is 7.14. The van der Waals surface area contributed by atoms with Gasteiger partial charge in [-0.05, 0) is 36.8 Å². The fourth-order valence-corrected chi connectivity index (χ4v) is 5.33. The zero-order valence-electron chi connectivity index (χ0n) is 19.1. The van der Waals surface area contributed by atoms with Crippen molar-refractivity contribution >= 4 is 27.7 Å². The van der Waals surface area contributed by atoms with E-state index >= 15 is 0 Å². The minimum absolute atomic E-state index is 0.0624. The van der Waals surface area contributed by atoms with Gasteiger partial charge in [0.15, 0.2) is 0 Å². The van der Waals surface area contributed by atoms with E-state index in [1.807, 2.05) is 25.1 Å². The number of sulfonamides is 1. The highest BCUT2D eigenvalue weighted by Gasteiger charge is 2.29. The molecule has 34 heavy (non-hydrogen) atoms. The topological polar surface area (TPSA) is 105 Å². The summed E-state index contributed by atoms with van der Waals surface area (Å²) in [7, 11) is -3.70. The van der Waals surface area contributed by atoms with Crippen molar-refractivity contribution < 1.29 is 18.0 Å². The fourth-order valence-electron chi connectivity index (χ4n) is 3.91. The van der Waals surface area contributed by atoms with Gasteiger partial charge < -0.3 is 10.2 Å². The first-order valence-electron chi connectivity index (χ1n) is 11.0. The Labute approximate surface area is 199 Å². The lowest BCUT2D eigenvalue weighted by atomic mass is 10.1. The van der Waals surface area contributed by atoms with E-state index in [-0.39, 0.29) is 29.8 Å². The second-order valence-corrected chi connectivity index (χ2v) is 10.2. The average molecular weight is 482 g/mol. The highest BCUT2D eigenvalue weighted by atomic mass is 32.2. The molecule has 178 valence electrons. The van der Waals surface area contributed by atoms with Gasteiger partial charge in [0, 0.05) is 44.7 Å². The SMILES string of the molecule is CC(=O)N1CCN(S(=O)(=O)c2ccc(C(=O)Nc3ccnn3Cc3cccc(C)c3)cc2)CC1. The molecule has 1 aliphatic heterocycles. The smallest absolute Gasteiger partial charge is 0.256 e. The zero-order valence-corrected chi connectivity index (χ0v) is 20.0. The van der Waals surface area contributed by atoms with Crippen molar-refractivity contribution in [3.8, 4) is 0 Å². The standard InChI is InChI=1S/C24H27N5O4S/c1-18-4-3-5-20(16-18)17-29-23(10-11-25-29)26-24(31)21-6-8-22(9-7-21)34(32,33)28-14-12-27(13-15-28)19(2)30/h3-11,16H,12-15,17H2,1-2H3,(H,26,31). The Balaban J connectivity index is 1.42. The third-order valence-corrected chi connectivity index (χ3v) is 7.72. The number of anilines is 1. The third kappa shape index (κ3) is 5.18. The monoisotopic (exact) mass is 481 g/mol. The molecule has 0 unspecified atom stereocenters. The molecule has 1 aliphatic rings. The summed E-state index contributed by atoms with van der Waals surface area (Å²) in [6.45, 7) is 5.23. The summed E-state index contributed by atoms with van der Waals surface area (Å²) in [6, 6.07) is 15.6. The molecule has 10 heteroatoms. The van der Waals surface area contributed by atoms with Crippen LogP contribution in [0, 0.1) is 6.92 Å². The van der Waals surface area contributed by atoms with Gasteiger partial charge in [0.1, 0.15) is 5.82 Å². The van der Waals surface area contributed by atoms with E-state index < -0.39 is 10.0 Å². The molecule has 2 heterocycles. The van der Waals surface area contributed by atoms with Crippen LogP contribution in [0.5, 0.6) is 0 Å². The van der Waals surface area contributed by atoms with Gasteiger partial charge in [-0.25, -0.2) is 13.1 Å². The van der Waals surface area contributed by atoms with Crippen molar-refractivity contribution in [2.75, 3.05) is 31.5 Å². The van der Waals surface area contributed by atoms with Crippen LogP contribution in [0.4, 0.5) is 5.82 Å². The van der Waals surface area contributed by atoms with Crippen LogP contribution < -0.4 is 5.32 Å². The van der Waals surface area contributed by atoms with Crippen molar-refractivity contribution in [3.05, 3.63) is 77.5 Å². The lowest BCUT2D eigenvalue weighted by Gasteiger charge is -2.33. The number of nitrogens with one attached hydrogen (secondary N) is 1. The molecule has 0 spiro atoms. The predicted molar refractivity (Wildman–Crippen MR) is 128 cm³/mol. The predicted octanol–water partition coefficient (Wildman–Crippen LogP) is 2.34. The van der Waals surface area contributed by atoms with Crippen LogP contribution in [0.3, 0.4) is 0 Å². The van der Waals surface area contributed by atoms with E-state index in [2.05, 4.69) is 16.5 Å².